The highest BCUT2D eigenvalue weighted by atomic mass is 35.5. The number of fused-ring (bicyclic) bond motifs is 1. The van der Waals surface area contributed by atoms with Crippen LogP contribution in [0.1, 0.15) is 0 Å². The molecular formula is C8H3Cl3O. The highest BCUT2D eigenvalue weighted by molar-refractivity contribution is 6.47. The van der Waals surface area contributed by atoms with Gasteiger partial charge in [0.15, 0.2) is 0 Å². The van der Waals surface area contributed by atoms with Crippen LogP contribution in [0.3, 0.4) is 0 Å². The molecule has 0 atom stereocenters. The van der Waals surface area contributed by atoms with Gasteiger partial charge in [0.1, 0.15) is 10.6 Å². The summed E-state index contributed by atoms with van der Waals surface area (Å²) in [6, 6.07) is 5.28. The molecule has 2 rings (SSSR count). The lowest BCUT2D eigenvalue weighted by Crippen LogP contribution is -1.66. The summed E-state index contributed by atoms with van der Waals surface area (Å²) < 4.78 is 5.13. The predicted octanol–water partition coefficient (Wildman–Crippen LogP) is 4.39. The first-order valence-corrected chi connectivity index (χ1v) is 4.35. The maximum absolute atomic E-state index is 5.87. The maximum atomic E-state index is 5.87. The molecule has 1 heterocycles. The van der Waals surface area contributed by atoms with Gasteiger partial charge < -0.3 is 4.42 Å². The van der Waals surface area contributed by atoms with Crippen LogP contribution >= 0.6 is 34.8 Å². The number of halogens is 3. The number of hydrogen-bond acceptors (Lipinski definition) is 1. The number of benzene rings is 1. The first-order valence-electron chi connectivity index (χ1n) is 3.22. The molecule has 0 radical (unpaired) electrons. The van der Waals surface area contributed by atoms with Crippen molar-refractivity contribution >= 4 is 45.8 Å². The molecule has 0 spiro atoms. The quantitative estimate of drug-likeness (QED) is 0.643. The first kappa shape index (κ1) is 8.24. The molecule has 1 aromatic carbocycles. The van der Waals surface area contributed by atoms with Crippen LogP contribution in [0.2, 0.25) is 15.3 Å². The van der Waals surface area contributed by atoms with Crippen molar-refractivity contribution in [3.8, 4) is 0 Å². The second-order valence-electron chi connectivity index (χ2n) is 2.30. The van der Waals surface area contributed by atoms with E-state index >= 15 is 0 Å². The largest absolute Gasteiger partial charge is 0.443 e. The van der Waals surface area contributed by atoms with Crippen LogP contribution in [0, 0.1) is 0 Å². The fraction of sp³-hybridized carbons (Fsp3) is 0. The summed E-state index contributed by atoms with van der Waals surface area (Å²) in [6.07, 6.45) is 0. The van der Waals surface area contributed by atoms with Crippen molar-refractivity contribution in [3.63, 3.8) is 0 Å². The molecule has 62 valence electrons. The Hall–Kier alpha value is -0.370. The SMILES string of the molecule is Clc1oc2cccc(Cl)c2c1Cl. The summed E-state index contributed by atoms with van der Waals surface area (Å²) in [7, 11) is 0. The van der Waals surface area contributed by atoms with Crippen LogP contribution < -0.4 is 0 Å². The molecule has 0 unspecified atom stereocenters. The summed E-state index contributed by atoms with van der Waals surface area (Å²) >= 11 is 17.4. The Bertz CT molecular complexity index is 433. The van der Waals surface area contributed by atoms with Crippen molar-refractivity contribution < 1.29 is 4.42 Å². The molecular weight excluding hydrogens is 218 g/mol. The Balaban J connectivity index is 2.97. The van der Waals surface area contributed by atoms with Crippen LogP contribution in [0.4, 0.5) is 0 Å². The van der Waals surface area contributed by atoms with Gasteiger partial charge in [-0.1, -0.05) is 29.3 Å². The topological polar surface area (TPSA) is 13.1 Å². The Kier molecular flexibility index (Phi) is 1.95. The van der Waals surface area contributed by atoms with Gasteiger partial charge >= 0.3 is 0 Å². The van der Waals surface area contributed by atoms with E-state index in [0.717, 1.165) is 0 Å². The van der Waals surface area contributed by atoms with Crippen LogP contribution in [-0.2, 0) is 0 Å². The van der Waals surface area contributed by atoms with Gasteiger partial charge in [-0.05, 0) is 23.7 Å². The lowest BCUT2D eigenvalue weighted by molar-refractivity contribution is 0.618. The van der Waals surface area contributed by atoms with Crippen LogP contribution in [0.25, 0.3) is 11.0 Å². The van der Waals surface area contributed by atoms with Gasteiger partial charge in [0.25, 0.3) is 0 Å². The first-order chi connectivity index (χ1) is 5.70. The van der Waals surface area contributed by atoms with Gasteiger partial charge in [0.2, 0.25) is 5.22 Å². The lowest BCUT2D eigenvalue weighted by atomic mass is 10.2. The predicted molar refractivity (Wildman–Crippen MR) is 51.2 cm³/mol. The average Bonchev–Trinajstić information content (AvgIpc) is 2.29. The molecule has 0 bridgehead atoms. The maximum Gasteiger partial charge on any atom is 0.213 e. The Morgan fingerprint density at radius 1 is 1.08 bits per heavy atom. The van der Waals surface area contributed by atoms with Crippen molar-refractivity contribution in [1.29, 1.82) is 0 Å². The molecule has 1 nitrogen and oxygen atoms in total. The van der Waals surface area contributed by atoms with Crippen molar-refractivity contribution in [2.24, 2.45) is 0 Å². The fourth-order valence-corrected chi connectivity index (χ4v) is 1.76. The second-order valence-corrected chi connectivity index (χ2v) is 3.43. The van der Waals surface area contributed by atoms with Crippen molar-refractivity contribution in [2.45, 2.75) is 0 Å². The third kappa shape index (κ3) is 1.09. The van der Waals surface area contributed by atoms with Gasteiger partial charge in [0, 0.05) is 0 Å². The van der Waals surface area contributed by atoms with E-state index in [1.165, 1.54) is 0 Å². The van der Waals surface area contributed by atoms with Gasteiger partial charge in [0.05, 0.1) is 10.4 Å². The van der Waals surface area contributed by atoms with E-state index in [0.29, 0.717) is 21.0 Å². The minimum atomic E-state index is 0.180. The Labute approximate surface area is 83.8 Å². The third-order valence-electron chi connectivity index (χ3n) is 1.57. The molecule has 0 N–H and O–H groups in total. The molecule has 0 aliphatic carbocycles. The van der Waals surface area contributed by atoms with Gasteiger partial charge in [-0.15, -0.1) is 0 Å². The van der Waals surface area contributed by atoms with Crippen LogP contribution in [0.5, 0.6) is 0 Å². The number of furan rings is 1. The van der Waals surface area contributed by atoms with E-state index in [1.807, 2.05) is 0 Å². The highest BCUT2D eigenvalue weighted by Gasteiger charge is 2.12. The molecule has 0 fully saturated rings. The number of hydrogen-bond donors (Lipinski definition) is 0. The van der Waals surface area contributed by atoms with Crippen LogP contribution in [0.15, 0.2) is 22.6 Å². The summed E-state index contributed by atoms with van der Waals surface area (Å²) in [4.78, 5) is 0. The second kappa shape index (κ2) is 2.84. The summed E-state index contributed by atoms with van der Waals surface area (Å²) in [5, 5.41) is 1.77. The Morgan fingerprint density at radius 2 is 1.83 bits per heavy atom. The molecule has 4 heteroatoms. The van der Waals surface area contributed by atoms with Gasteiger partial charge in [-0.2, -0.15) is 0 Å². The zero-order chi connectivity index (χ0) is 8.72. The van der Waals surface area contributed by atoms with E-state index < -0.39 is 0 Å². The molecule has 0 aliphatic rings. The fourth-order valence-electron chi connectivity index (χ4n) is 1.04. The molecule has 1 aromatic heterocycles. The number of rotatable bonds is 0. The molecule has 12 heavy (non-hydrogen) atoms. The minimum Gasteiger partial charge on any atom is -0.443 e. The van der Waals surface area contributed by atoms with Gasteiger partial charge in [-0.3, -0.25) is 0 Å². The highest BCUT2D eigenvalue weighted by Crippen LogP contribution is 2.37. The van der Waals surface area contributed by atoms with Crippen LogP contribution in [-0.4, -0.2) is 0 Å². The molecule has 0 aliphatic heterocycles. The molecule has 0 saturated carbocycles. The monoisotopic (exact) mass is 220 g/mol. The van der Waals surface area contributed by atoms with E-state index in [4.69, 9.17) is 39.2 Å². The smallest absolute Gasteiger partial charge is 0.213 e. The van der Waals surface area contributed by atoms with E-state index in [-0.39, 0.29) is 5.22 Å². The Morgan fingerprint density at radius 3 is 2.50 bits per heavy atom. The van der Waals surface area contributed by atoms with Gasteiger partial charge in [-0.25, -0.2) is 0 Å². The van der Waals surface area contributed by atoms with Crippen molar-refractivity contribution in [1.82, 2.24) is 0 Å². The van der Waals surface area contributed by atoms with E-state index in [1.54, 1.807) is 18.2 Å². The van der Waals surface area contributed by atoms with E-state index in [9.17, 15) is 0 Å². The minimum absolute atomic E-state index is 0.180. The zero-order valence-corrected chi connectivity index (χ0v) is 8.04. The van der Waals surface area contributed by atoms with E-state index in [2.05, 4.69) is 0 Å². The van der Waals surface area contributed by atoms with Crippen molar-refractivity contribution in [2.75, 3.05) is 0 Å². The summed E-state index contributed by atoms with van der Waals surface area (Å²) in [6.45, 7) is 0. The van der Waals surface area contributed by atoms with Crippen molar-refractivity contribution in [3.05, 3.63) is 33.5 Å². The lowest BCUT2D eigenvalue weighted by Gasteiger charge is -1.90. The summed E-state index contributed by atoms with van der Waals surface area (Å²) in [5.74, 6) is 0. The zero-order valence-electron chi connectivity index (χ0n) is 5.77. The summed E-state index contributed by atoms with van der Waals surface area (Å²) in [5.41, 5.74) is 0.609. The normalized spacial score (nSPS) is 10.9. The third-order valence-corrected chi connectivity index (χ3v) is 2.61. The molecule has 2 aromatic rings. The standard InChI is InChI=1S/C8H3Cl3O/c9-4-2-1-3-5-6(4)7(10)8(11)12-5/h1-3H. The average molecular weight is 221 g/mol. The molecule has 0 saturated heterocycles. The molecule has 0 amide bonds.